The maximum absolute atomic E-state index is 13.3. The van der Waals surface area contributed by atoms with Crippen molar-refractivity contribution in [1.82, 2.24) is 10.2 Å². The lowest BCUT2D eigenvalue weighted by Gasteiger charge is -2.34. The van der Waals surface area contributed by atoms with E-state index in [1.165, 1.54) is 0 Å². The van der Waals surface area contributed by atoms with Crippen LogP contribution in [0.2, 0.25) is 0 Å². The molecule has 1 saturated heterocycles. The number of nitrogens with zero attached hydrogens (tertiary/aromatic N) is 1. The highest BCUT2D eigenvalue weighted by Gasteiger charge is 2.37. The van der Waals surface area contributed by atoms with Gasteiger partial charge >= 0.3 is 6.18 Å². The van der Waals surface area contributed by atoms with Crippen LogP contribution in [0.25, 0.3) is 0 Å². The first-order valence-corrected chi connectivity index (χ1v) is 6.31. The van der Waals surface area contributed by atoms with Crippen molar-refractivity contribution < 1.29 is 22.0 Å². The van der Waals surface area contributed by atoms with Crippen molar-refractivity contribution in [3.05, 3.63) is 35.1 Å². The Morgan fingerprint density at radius 3 is 2.40 bits per heavy atom. The third-order valence-corrected chi connectivity index (χ3v) is 3.42. The van der Waals surface area contributed by atoms with E-state index < -0.39 is 30.3 Å². The molecular weight excluding hydrogens is 279 g/mol. The number of piperazine rings is 1. The fourth-order valence-electron chi connectivity index (χ4n) is 2.44. The van der Waals surface area contributed by atoms with Gasteiger partial charge in [-0.3, -0.25) is 4.90 Å². The molecule has 112 valence electrons. The Morgan fingerprint density at radius 2 is 1.85 bits per heavy atom. The molecule has 2 rings (SSSR count). The van der Waals surface area contributed by atoms with Gasteiger partial charge in [-0.25, -0.2) is 8.78 Å². The number of halogens is 5. The third kappa shape index (κ3) is 3.27. The first-order chi connectivity index (χ1) is 9.43. The molecule has 1 atom stereocenters. The Hall–Kier alpha value is -1.21. The lowest BCUT2D eigenvalue weighted by molar-refractivity contribution is -0.138. The molecule has 0 bridgehead atoms. The van der Waals surface area contributed by atoms with Gasteiger partial charge in [0.2, 0.25) is 0 Å². The van der Waals surface area contributed by atoms with Gasteiger partial charge in [0.25, 0.3) is 0 Å². The summed E-state index contributed by atoms with van der Waals surface area (Å²) in [4.78, 5) is 1.61. The second kappa shape index (κ2) is 6.05. The third-order valence-electron chi connectivity index (χ3n) is 3.42. The van der Waals surface area contributed by atoms with E-state index in [2.05, 4.69) is 5.32 Å². The minimum Gasteiger partial charge on any atom is -0.314 e. The quantitative estimate of drug-likeness (QED) is 0.862. The smallest absolute Gasteiger partial charge is 0.314 e. The van der Waals surface area contributed by atoms with Gasteiger partial charge in [-0.1, -0.05) is 0 Å². The summed E-state index contributed by atoms with van der Waals surface area (Å²) in [5, 5.41) is 3.04. The van der Waals surface area contributed by atoms with Gasteiger partial charge in [0, 0.05) is 26.2 Å². The molecule has 2 nitrogen and oxygen atoms in total. The van der Waals surface area contributed by atoms with E-state index in [4.69, 9.17) is 0 Å². The Balaban J connectivity index is 2.39. The summed E-state index contributed by atoms with van der Waals surface area (Å²) in [6.45, 7) is 1.04. The van der Waals surface area contributed by atoms with E-state index in [0.29, 0.717) is 32.2 Å². The van der Waals surface area contributed by atoms with Crippen LogP contribution in [0, 0.1) is 5.82 Å². The summed E-state index contributed by atoms with van der Waals surface area (Å²) >= 11 is 0. The molecule has 0 unspecified atom stereocenters. The average molecular weight is 294 g/mol. The Bertz CT molecular complexity index is 455. The Morgan fingerprint density at radius 1 is 1.20 bits per heavy atom. The van der Waals surface area contributed by atoms with Crippen molar-refractivity contribution >= 4 is 0 Å². The second-order valence-electron chi connectivity index (χ2n) is 4.69. The van der Waals surface area contributed by atoms with Gasteiger partial charge in [0.15, 0.2) is 0 Å². The van der Waals surface area contributed by atoms with Crippen LogP contribution < -0.4 is 5.32 Å². The number of alkyl halides is 4. The zero-order chi connectivity index (χ0) is 14.8. The van der Waals surface area contributed by atoms with Crippen LogP contribution >= 0.6 is 0 Å². The topological polar surface area (TPSA) is 15.3 Å². The Labute approximate surface area is 113 Å². The number of nitrogens with one attached hydrogen (secondary N) is 1. The van der Waals surface area contributed by atoms with Gasteiger partial charge in [-0.2, -0.15) is 13.2 Å². The summed E-state index contributed by atoms with van der Waals surface area (Å²) in [6, 6.07) is 1.15. The highest BCUT2D eigenvalue weighted by molar-refractivity contribution is 5.33. The van der Waals surface area contributed by atoms with Crippen molar-refractivity contribution in [1.29, 1.82) is 0 Å². The molecule has 1 aliphatic rings. The minimum atomic E-state index is -4.62. The highest BCUT2D eigenvalue weighted by atomic mass is 19.4. The predicted octanol–water partition coefficient (Wildman–Crippen LogP) is 2.76. The van der Waals surface area contributed by atoms with E-state index in [-0.39, 0.29) is 5.56 Å². The van der Waals surface area contributed by atoms with Crippen molar-refractivity contribution in [2.45, 2.75) is 12.2 Å². The highest BCUT2D eigenvalue weighted by Crippen LogP contribution is 2.37. The number of hydrogen-bond acceptors (Lipinski definition) is 2. The zero-order valence-corrected chi connectivity index (χ0v) is 10.7. The first kappa shape index (κ1) is 15.2. The fourth-order valence-corrected chi connectivity index (χ4v) is 2.44. The number of rotatable bonds is 3. The predicted molar refractivity (Wildman–Crippen MR) is 64.6 cm³/mol. The number of hydrogen-bond donors (Lipinski definition) is 1. The molecule has 1 fully saturated rings. The van der Waals surface area contributed by atoms with Crippen LogP contribution in [0.3, 0.4) is 0 Å². The summed E-state index contributed by atoms with van der Waals surface area (Å²) in [5.41, 5.74) is -1.30. The van der Waals surface area contributed by atoms with E-state index in [0.717, 1.165) is 12.1 Å². The van der Waals surface area contributed by atoms with Gasteiger partial charge in [-0.05, 0) is 23.8 Å². The molecule has 7 heteroatoms. The van der Waals surface area contributed by atoms with Crippen molar-refractivity contribution in [3.8, 4) is 0 Å². The molecule has 1 N–H and O–H groups in total. The molecule has 1 aromatic carbocycles. The average Bonchev–Trinajstić information content (AvgIpc) is 2.39. The molecule has 20 heavy (non-hydrogen) atoms. The van der Waals surface area contributed by atoms with E-state index in [9.17, 15) is 22.0 Å². The van der Waals surface area contributed by atoms with Crippen LogP contribution in [0.5, 0.6) is 0 Å². The Kier molecular flexibility index (Phi) is 4.59. The van der Waals surface area contributed by atoms with Crippen LogP contribution in [0.1, 0.15) is 17.2 Å². The normalized spacial score (nSPS) is 19.1. The maximum atomic E-state index is 13.3. The van der Waals surface area contributed by atoms with Gasteiger partial charge in [0.05, 0.1) is 11.6 Å². The van der Waals surface area contributed by atoms with E-state index in [1.807, 2.05) is 0 Å². The molecule has 1 aliphatic heterocycles. The van der Waals surface area contributed by atoms with Crippen LogP contribution in [-0.2, 0) is 6.18 Å². The van der Waals surface area contributed by atoms with Gasteiger partial charge < -0.3 is 5.32 Å². The summed E-state index contributed by atoms with van der Waals surface area (Å²) in [5.74, 6) is -0.790. The molecule has 0 amide bonds. The fraction of sp³-hybridized carbons (Fsp3) is 0.538. The molecule has 1 aromatic rings. The standard InChI is InChI=1S/C13H15F5N2/c14-8-12(20-5-3-19-4-6-20)10-7-9(15)1-2-11(10)13(16,17)18/h1-2,7,12,19H,3-6,8H2/t12-/m1/s1. The number of benzene rings is 1. The second-order valence-corrected chi connectivity index (χ2v) is 4.69. The molecule has 0 spiro atoms. The van der Waals surface area contributed by atoms with Crippen LogP contribution in [-0.4, -0.2) is 37.8 Å². The van der Waals surface area contributed by atoms with E-state index >= 15 is 0 Å². The molecule has 0 saturated carbocycles. The monoisotopic (exact) mass is 294 g/mol. The van der Waals surface area contributed by atoms with E-state index in [1.54, 1.807) is 4.90 Å². The summed E-state index contributed by atoms with van der Waals surface area (Å²) in [7, 11) is 0. The molecular formula is C13H15F5N2. The van der Waals surface area contributed by atoms with Crippen molar-refractivity contribution in [2.24, 2.45) is 0 Å². The lowest BCUT2D eigenvalue weighted by atomic mass is 9.98. The van der Waals surface area contributed by atoms with Crippen LogP contribution in [0.15, 0.2) is 18.2 Å². The van der Waals surface area contributed by atoms with Crippen molar-refractivity contribution in [3.63, 3.8) is 0 Å². The van der Waals surface area contributed by atoms with Gasteiger partial charge in [0.1, 0.15) is 12.5 Å². The first-order valence-electron chi connectivity index (χ1n) is 6.31. The summed E-state index contributed by atoms with van der Waals surface area (Å²) in [6.07, 6.45) is -4.62. The molecule has 0 radical (unpaired) electrons. The molecule has 1 heterocycles. The SMILES string of the molecule is FC[C@H](c1cc(F)ccc1C(F)(F)F)N1CCNCC1. The summed E-state index contributed by atoms with van der Waals surface area (Å²) < 4.78 is 65.5. The largest absolute Gasteiger partial charge is 0.416 e. The van der Waals surface area contributed by atoms with Gasteiger partial charge in [-0.15, -0.1) is 0 Å². The lowest BCUT2D eigenvalue weighted by Crippen LogP contribution is -2.46. The van der Waals surface area contributed by atoms with Crippen LogP contribution in [0.4, 0.5) is 22.0 Å². The molecule has 0 aromatic heterocycles. The minimum absolute atomic E-state index is 0.332. The molecule has 0 aliphatic carbocycles. The maximum Gasteiger partial charge on any atom is 0.416 e. The zero-order valence-electron chi connectivity index (χ0n) is 10.7. The van der Waals surface area contributed by atoms with Crippen molar-refractivity contribution in [2.75, 3.05) is 32.9 Å².